The molecule has 5 aromatic rings. The Morgan fingerprint density at radius 2 is 1.65 bits per heavy atom. The number of rotatable bonds is 1. The molecule has 4 heterocycles. The molecule has 0 atom stereocenters. The summed E-state index contributed by atoms with van der Waals surface area (Å²) < 4.78 is 1.09. The number of thiophene rings is 1. The summed E-state index contributed by atoms with van der Waals surface area (Å²) in [7, 11) is 0. The molecule has 0 unspecified atom stereocenters. The van der Waals surface area contributed by atoms with E-state index < -0.39 is 0 Å². The van der Waals surface area contributed by atoms with Gasteiger partial charge in [0, 0.05) is 24.0 Å². The summed E-state index contributed by atoms with van der Waals surface area (Å²) in [6.45, 7) is 0. The molecular weight excluding hydrogens is 304 g/mol. The molecule has 0 saturated heterocycles. The maximum atomic E-state index is 4.83. The van der Waals surface area contributed by atoms with Crippen molar-refractivity contribution in [3.63, 3.8) is 0 Å². The Morgan fingerprint density at radius 3 is 2.65 bits per heavy atom. The minimum atomic E-state index is 0.856. The summed E-state index contributed by atoms with van der Waals surface area (Å²) in [5.74, 6) is 0. The van der Waals surface area contributed by atoms with Crippen LogP contribution >= 0.6 is 11.3 Å². The molecule has 0 amide bonds. The zero-order chi connectivity index (χ0) is 15.2. The first-order valence-electron chi connectivity index (χ1n) is 7.24. The molecule has 108 valence electrons. The van der Waals surface area contributed by atoms with E-state index in [1.165, 1.54) is 0 Å². The van der Waals surface area contributed by atoms with E-state index >= 15 is 0 Å². The molecule has 0 saturated carbocycles. The molecule has 0 bridgehead atoms. The molecule has 0 fully saturated rings. The molecule has 0 aliphatic heterocycles. The lowest BCUT2D eigenvalue weighted by atomic mass is 10.1. The van der Waals surface area contributed by atoms with Gasteiger partial charge in [-0.25, -0.2) is 15.0 Å². The van der Waals surface area contributed by atoms with Crippen molar-refractivity contribution in [3.05, 3.63) is 61.1 Å². The summed E-state index contributed by atoms with van der Waals surface area (Å²) in [4.78, 5) is 19.1. The number of nitrogens with zero attached hydrogens (tertiary/aromatic N) is 4. The van der Waals surface area contributed by atoms with Crippen LogP contribution in [0, 0.1) is 0 Å². The van der Waals surface area contributed by atoms with E-state index in [2.05, 4.69) is 33.2 Å². The van der Waals surface area contributed by atoms with E-state index in [4.69, 9.17) is 4.98 Å². The largest absolute Gasteiger partial charge is 0.254 e. The highest BCUT2D eigenvalue weighted by atomic mass is 32.1. The SMILES string of the molecule is c1ccc2c(-c3ccc4sc5nccnc5c4n3)nccc2c1. The average molecular weight is 314 g/mol. The number of hydrogen-bond acceptors (Lipinski definition) is 5. The first kappa shape index (κ1) is 12.6. The van der Waals surface area contributed by atoms with Gasteiger partial charge in [0.25, 0.3) is 0 Å². The lowest BCUT2D eigenvalue weighted by Gasteiger charge is -2.05. The van der Waals surface area contributed by atoms with Crippen molar-refractivity contribution < 1.29 is 0 Å². The second-order valence-corrected chi connectivity index (χ2v) is 6.27. The van der Waals surface area contributed by atoms with Gasteiger partial charge in [-0.3, -0.25) is 4.98 Å². The second kappa shape index (κ2) is 4.79. The minimum absolute atomic E-state index is 0.856. The number of fused-ring (bicyclic) bond motifs is 4. The third kappa shape index (κ3) is 1.90. The van der Waals surface area contributed by atoms with Gasteiger partial charge in [0.1, 0.15) is 15.9 Å². The molecule has 0 aliphatic carbocycles. The monoisotopic (exact) mass is 314 g/mol. The molecule has 4 aromatic heterocycles. The molecule has 0 radical (unpaired) electrons. The van der Waals surface area contributed by atoms with Crippen LogP contribution in [0.4, 0.5) is 0 Å². The van der Waals surface area contributed by atoms with Crippen molar-refractivity contribution >= 4 is 42.7 Å². The van der Waals surface area contributed by atoms with E-state index in [1.807, 2.05) is 30.5 Å². The fourth-order valence-electron chi connectivity index (χ4n) is 2.82. The van der Waals surface area contributed by atoms with E-state index in [0.29, 0.717) is 0 Å². The van der Waals surface area contributed by atoms with Gasteiger partial charge in [0.15, 0.2) is 0 Å². The maximum Gasteiger partial charge on any atom is 0.144 e. The van der Waals surface area contributed by atoms with Gasteiger partial charge in [-0.15, -0.1) is 11.3 Å². The first-order chi connectivity index (χ1) is 11.4. The lowest BCUT2D eigenvalue weighted by Crippen LogP contribution is -1.89. The zero-order valence-electron chi connectivity index (χ0n) is 12.0. The third-order valence-corrected chi connectivity index (χ3v) is 4.91. The van der Waals surface area contributed by atoms with Crippen LogP contribution < -0.4 is 0 Å². The Hall–Kier alpha value is -2.92. The van der Waals surface area contributed by atoms with Crippen LogP contribution in [-0.2, 0) is 0 Å². The van der Waals surface area contributed by atoms with Crippen LogP contribution in [-0.4, -0.2) is 19.9 Å². The highest BCUT2D eigenvalue weighted by molar-refractivity contribution is 7.25. The third-order valence-electron chi connectivity index (χ3n) is 3.87. The number of benzene rings is 1. The smallest absolute Gasteiger partial charge is 0.144 e. The Balaban J connectivity index is 1.84. The second-order valence-electron chi connectivity index (χ2n) is 5.24. The van der Waals surface area contributed by atoms with Gasteiger partial charge >= 0.3 is 0 Å². The summed E-state index contributed by atoms with van der Waals surface area (Å²) >= 11 is 1.61. The van der Waals surface area contributed by atoms with Crippen molar-refractivity contribution in [2.45, 2.75) is 0 Å². The first-order valence-corrected chi connectivity index (χ1v) is 8.06. The van der Waals surface area contributed by atoms with Crippen LogP contribution in [0.25, 0.3) is 42.7 Å². The Labute approximate surface area is 135 Å². The molecule has 23 heavy (non-hydrogen) atoms. The standard InChI is InChI=1S/C18H10N4S/c1-2-4-12-11(3-1)7-8-19-15(12)13-5-6-14-16(22-13)17-18(23-14)21-10-9-20-17/h1-10H. The van der Waals surface area contributed by atoms with Crippen LogP contribution in [0.5, 0.6) is 0 Å². The molecule has 0 spiro atoms. The summed E-state index contributed by atoms with van der Waals surface area (Å²) in [6.07, 6.45) is 5.25. The predicted octanol–water partition coefficient (Wildman–Crippen LogP) is 4.45. The molecule has 0 N–H and O–H groups in total. The van der Waals surface area contributed by atoms with Crippen molar-refractivity contribution in [3.8, 4) is 11.4 Å². The lowest BCUT2D eigenvalue weighted by molar-refractivity contribution is 1.29. The fraction of sp³-hybridized carbons (Fsp3) is 0. The van der Waals surface area contributed by atoms with Gasteiger partial charge < -0.3 is 0 Å². The number of aromatic nitrogens is 4. The molecule has 4 nitrogen and oxygen atoms in total. The Morgan fingerprint density at radius 1 is 0.739 bits per heavy atom. The summed E-state index contributed by atoms with van der Waals surface area (Å²) in [5, 5.41) is 2.27. The van der Waals surface area contributed by atoms with Crippen LogP contribution in [0.3, 0.4) is 0 Å². The minimum Gasteiger partial charge on any atom is -0.254 e. The van der Waals surface area contributed by atoms with Gasteiger partial charge in [0.05, 0.1) is 16.1 Å². The van der Waals surface area contributed by atoms with Gasteiger partial charge in [-0.05, 0) is 23.6 Å². The Kier molecular flexibility index (Phi) is 2.63. The predicted molar refractivity (Wildman–Crippen MR) is 93.5 cm³/mol. The van der Waals surface area contributed by atoms with Crippen molar-refractivity contribution in [2.75, 3.05) is 0 Å². The summed E-state index contributed by atoms with van der Waals surface area (Å²) in [6, 6.07) is 14.3. The van der Waals surface area contributed by atoms with Crippen molar-refractivity contribution in [1.29, 1.82) is 0 Å². The van der Waals surface area contributed by atoms with Crippen LogP contribution in [0.2, 0.25) is 0 Å². The zero-order valence-corrected chi connectivity index (χ0v) is 12.8. The van der Waals surface area contributed by atoms with E-state index in [9.17, 15) is 0 Å². The average Bonchev–Trinajstić information content (AvgIpc) is 2.99. The van der Waals surface area contributed by atoms with E-state index in [0.717, 1.165) is 42.7 Å². The number of hydrogen-bond donors (Lipinski definition) is 0. The Bertz CT molecular complexity index is 1170. The van der Waals surface area contributed by atoms with Gasteiger partial charge in [-0.2, -0.15) is 0 Å². The van der Waals surface area contributed by atoms with Crippen molar-refractivity contribution in [2.24, 2.45) is 0 Å². The van der Waals surface area contributed by atoms with Gasteiger partial charge in [-0.1, -0.05) is 24.3 Å². The molecular formula is C18H10N4S. The summed E-state index contributed by atoms with van der Waals surface area (Å²) in [5.41, 5.74) is 3.51. The fourth-order valence-corrected chi connectivity index (χ4v) is 3.76. The van der Waals surface area contributed by atoms with E-state index in [1.54, 1.807) is 23.7 Å². The normalized spacial score (nSPS) is 11.5. The van der Waals surface area contributed by atoms with Crippen LogP contribution in [0.1, 0.15) is 0 Å². The van der Waals surface area contributed by atoms with Crippen LogP contribution in [0.15, 0.2) is 61.1 Å². The quantitative estimate of drug-likeness (QED) is 0.458. The van der Waals surface area contributed by atoms with E-state index in [-0.39, 0.29) is 0 Å². The molecule has 1 aromatic carbocycles. The van der Waals surface area contributed by atoms with Gasteiger partial charge in [0.2, 0.25) is 0 Å². The topological polar surface area (TPSA) is 51.6 Å². The van der Waals surface area contributed by atoms with Crippen molar-refractivity contribution in [1.82, 2.24) is 19.9 Å². The molecule has 0 aliphatic rings. The maximum absolute atomic E-state index is 4.83. The molecule has 5 rings (SSSR count). The highest BCUT2D eigenvalue weighted by Crippen LogP contribution is 2.32. The highest BCUT2D eigenvalue weighted by Gasteiger charge is 2.12. The number of pyridine rings is 2. The molecule has 5 heteroatoms.